The molecular weight excluding hydrogens is 600 g/mol. The molecule has 2 amide bonds. The summed E-state index contributed by atoms with van der Waals surface area (Å²) in [6, 6.07) is 30.7. The maximum Gasteiger partial charge on any atom is 0.236 e. The van der Waals surface area contributed by atoms with Crippen LogP contribution in [0, 0.1) is 5.92 Å². The Morgan fingerprint density at radius 3 is 2.15 bits per heavy atom. The van der Waals surface area contributed by atoms with Crippen LogP contribution in [0.25, 0.3) is 10.9 Å². The van der Waals surface area contributed by atoms with Crippen molar-refractivity contribution >= 4 is 22.7 Å². The minimum atomic E-state index is -0.752. The number of carbonyl (C=O) groups is 2. The van der Waals surface area contributed by atoms with Crippen molar-refractivity contribution in [2.24, 2.45) is 5.92 Å². The molecule has 0 bridgehead atoms. The molecule has 0 spiro atoms. The standard InChI is InChI=1S/C40H50N4O4/c1-43(28-35(45)30-48-38-22-25-41-37-21-9-8-20-36(37)38)29-39(46)44-26-23-33(24-27-44)40(47)42-34(18-10-16-31-12-4-2-5-13-31)19-11-17-32-14-6-3-7-15-32/h2-9,12-15,20-22,25,33-35,45H,10-11,16-19,23-24,26-30H2,1H3,(H,42,47)/t35-/m1/s1. The molecule has 5 rings (SSSR count). The summed E-state index contributed by atoms with van der Waals surface area (Å²) >= 11 is 0. The topological polar surface area (TPSA) is 95.0 Å². The molecule has 0 unspecified atom stereocenters. The third-order valence-electron chi connectivity index (χ3n) is 9.25. The molecule has 8 heteroatoms. The molecule has 4 aromatic rings. The van der Waals surface area contributed by atoms with Gasteiger partial charge in [0.25, 0.3) is 0 Å². The van der Waals surface area contributed by atoms with Gasteiger partial charge in [-0.3, -0.25) is 19.5 Å². The lowest BCUT2D eigenvalue weighted by molar-refractivity contribution is -0.136. The van der Waals surface area contributed by atoms with E-state index in [1.807, 2.05) is 53.2 Å². The number of likely N-dealkylation sites (N-methyl/N-ethyl adjacent to an activating group) is 1. The summed E-state index contributed by atoms with van der Waals surface area (Å²) in [4.78, 5) is 34.6. The van der Waals surface area contributed by atoms with Crippen LogP contribution in [0.5, 0.6) is 5.75 Å². The first kappa shape index (κ1) is 35.0. The van der Waals surface area contributed by atoms with E-state index >= 15 is 0 Å². The monoisotopic (exact) mass is 650 g/mol. The predicted octanol–water partition coefficient (Wildman–Crippen LogP) is 5.68. The number of nitrogens with one attached hydrogen (secondary N) is 1. The summed E-state index contributed by atoms with van der Waals surface area (Å²) in [5.41, 5.74) is 3.50. The third-order valence-corrected chi connectivity index (χ3v) is 9.25. The molecule has 1 fully saturated rings. The lowest BCUT2D eigenvalue weighted by Gasteiger charge is -2.33. The van der Waals surface area contributed by atoms with Gasteiger partial charge in [0.15, 0.2) is 0 Å². The molecule has 8 nitrogen and oxygen atoms in total. The molecule has 48 heavy (non-hydrogen) atoms. The largest absolute Gasteiger partial charge is 0.490 e. The van der Waals surface area contributed by atoms with E-state index in [0.717, 1.165) is 49.4 Å². The summed E-state index contributed by atoms with van der Waals surface area (Å²) in [5.74, 6) is 0.731. The molecule has 0 radical (unpaired) electrons. The van der Waals surface area contributed by atoms with Crippen molar-refractivity contribution in [2.45, 2.75) is 63.5 Å². The Morgan fingerprint density at radius 1 is 0.896 bits per heavy atom. The number of piperidine rings is 1. The maximum atomic E-state index is 13.4. The number of amides is 2. The van der Waals surface area contributed by atoms with E-state index in [1.54, 1.807) is 12.3 Å². The van der Waals surface area contributed by atoms with Crippen molar-refractivity contribution in [1.82, 2.24) is 20.1 Å². The Labute approximate surface area is 285 Å². The average Bonchev–Trinajstić information content (AvgIpc) is 3.11. The van der Waals surface area contributed by atoms with Crippen molar-refractivity contribution in [1.29, 1.82) is 0 Å². The Kier molecular flexibility index (Phi) is 13.4. The van der Waals surface area contributed by atoms with Gasteiger partial charge in [0, 0.05) is 43.2 Å². The number of rotatable bonds is 17. The van der Waals surface area contributed by atoms with Gasteiger partial charge in [0.2, 0.25) is 11.8 Å². The molecule has 0 saturated carbocycles. The lowest BCUT2D eigenvalue weighted by atomic mass is 9.94. The van der Waals surface area contributed by atoms with Gasteiger partial charge in [0.05, 0.1) is 12.1 Å². The first-order chi connectivity index (χ1) is 23.4. The van der Waals surface area contributed by atoms with Gasteiger partial charge in [-0.2, -0.15) is 0 Å². The first-order valence-electron chi connectivity index (χ1n) is 17.4. The first-order valence-corrected chi connectivity index (χ1v) is 17.4. The van der Waals surface area contributed by atoms with Gasteiger partial charge in [-0.05, 0) is 87.7 Å². The lowest BCUT2D eigenvalue weighted by Crippen LogP contribution is -2.48. The van der Waals surface area contributed by atoms with Gasteiger partial charge in [0.1, 0.15) is 18.5 Å². The zero-order valence-corrected chi connectivity index (χ0v) is 28.2. The Bertz CT molecular complexity index is 1510. The number of aromatic nitrogens is 1. The fourth-order valence-corrected chi connectivity index (χ4v) is 6.58. The summed E-state index contributed by atoms with van der Waals surface area (Å²) in [5, 5.41) is 14.9. The van der Waals surface area contributed by atoms with Crippen LogP contribution < -0.4 is 10.1 Å². The van der Waals surface area contributed by atoms with E-state index in [9.17, 15) is 14.7 Å². The van der Waals surface area contributed by atoms with Crippen LogP contribution in [0.2, 0.25) is 0 Å². The van der Waals surface area contributed by atoms with Crippen LogP contribution in [-0.4, -0.2) is 83.7 Å². The Hall–Kier alpha value is -4.27. The van der Waals surface area contributed by atoms with Gasteiger partial charge in [-0.1, -0.05) is 72.8 Å². The summed E-state index contributed by atoms with van der Waals surface area (Å²) in [7, 11) is 1.83. The van der Waals surface area contributed by atoms with Crippen molar-refractivity contribution in [2.75, 3.05) is 39.8 Å². The number of benzene rings is 3. The minimum absolute atomic E-state index is 0.0179. The molecule has 1 saturated heterocycles. The van der Waals surface area contributed by atoms with Crippen LogP contribution in [0.15, 0.2) is 97.2 Å². The number of likely N-dealkylation sites (tertiary alicyclic amines) is 1. The van der Waals surface area contributed by atoms with E-state index in [1.165, 1.54) is 11.1 Å². The molecule has 2 N–H and O–H groups in total. The molecule has 3 aromatic carbocycles. The summed E-state index contributed by atoms with van der Waals surface area (Å²) < 4.78 is 5.90. The molecule has 0 aliphatic carbocycles. The molecule has 1 aliphatic heterocycles. The number of hydrogen-bond acceptors (Lipinski definition) is 6. The number of para-hydroxylation sites is 1. The van der Waals surface area contributed by atoms with Crippen LogP contribution in [0.1, 0.15) is 49.7 Å². The number of ether oxygens (including phenoxy) is 1. The van der Waals surface area contributed by atoms with Gasteiger partial charge >= 0.3 is 0 Å². The van der Waals surface area contributed by atoms with Crippen molar-refractivity contribution in [3.8, 4) is 5.75 Å². The Morgan fingerprint density at radius 2 is 1.50 bits per heavy atom. The quantitative estimate of drug-likeness (QED) is 0.153. The van der Waals surface area contributed by atoms with Crippen LogP contribution in [0.4, 0.5) is 0 Å². The number of fused-ring (bicyclic) bond motifs is 1. The molecule has 1 aliphatic rings. The van der Waals surface area contributed by atoms with E-state index in [-0.39, 0.29) is 36.9 Å². The third kappa shape index (κ3) is 10.9. The van der Waals surface area contributed by atoms with Crippen LogP contribution in [0.3, 0.4) is 0 Å². The van der Waals surface area contributed by atoms with Crippen molar-refractivity contribution in [3.05, 3.63) is 108 Å². The predicted molar refractivity (Wildman–Crippen MR) is 191 cm³/mol. The second kappa shape index (κ2) is 18.3. The van der Waals surface area contributed by atoms with E-state index < -0.39 is 6.10 Å². The van der Waals surface area contributed by atoms with Gasteiger partial charge in [-0.15, -0.1) is 0 Å². The average molecular weight is 651 g/mol. The van der Waals surface area contributed by atoms with E-state index in [4.69, 9.17) is 4.74 Å². The van der Waals surface area contributed by atoms with E-state index in [0.29, 0.717) is 38.2 Å². The molecule has 2 heterocycles. The zero-order valence-electron chi connectivity index (χ0n) is 28.2. The van der Waals surface area contributed by atoms with Crippen molar-refractivity contribution < 1.29 is 19.4 Å². The SMILES string of the molecule is CN(CC(=O)N1CCC(C(=O)NC(CCCc2ccccc2)CCCc2ccccc2)CC1)C[C@@H](O)COc1ccnc2ccccc12. The second-order valence-corrected chi connectivity index (χ2v) is 13.1. The van der Waals surface area contributed by atoms with Crippen LogP contribution in [-0.2, 0) is 22.4 Å². The Balaban J connectivity index is 1.03. The molecule has 254 valence electrons. The highest BCUT2D eigenvalue weighted by atomic mass is 16.5. The highest BCUT2D eigenvalue weighted by Gasteiger charge is 2.29. The maximum absolute atomic E-state index is 13.4. The number of aliphatic hydroxyl groups is 1. The molecule has 1 atom stereocenters. The highest BCUT2D eigenvalue weighted by Crippen LogP contribution is 2.24. The van der Waals surface area contributed by atoms with Gasteiger partial charge < -0.3 is 20.1 Å². The van der Waals surface area contributed by atoms with Crippen molar-refractivity contribution in [3.63, 3.8) is 0 Å². The number of aliphatic hydroxyl groups excluding tert-OH is 1. The number of nitrogens with zero attached hydrogens (tertiary/aromatic N) is 3. The fraction of sp³-hybridized carbons (Fsp3) is 0.425. The number of hydrogen-bond donors (Lipinski definition) is 2. The van der Waals surface area contributed by atoms with Gasteiger partial charge in [-0.25, -0.2) is 0 Å². The highest BCUT2D eigenvalue weighted by molar-refractivity contribution is 5.84. The molecular formula is C40H50N4O4. The zero-order chi connectivity index (χ0) is 33.6. The molecule has 1 aromatic heterocycles. The second-order valence-electron chi connectivity index (χ2n) is 13.1. The van der Waals surface area contributed by atoms with E-state index in [2.05, 4.69) is 58.8 Å². The normalized spacial score (nSPS) is 14.4. The van der Waals surface area contributed by atoms with Crippen LogP contribution >= 0.6 is 0 Å². The summed E-state index contributed by atoms with van der Waals surface area (Å²) in [6.07, 6.45) is 8.25. The minimum Gasteiger partial charge on any atom is -0.490 e. The fourth-order valence-electron chi connectivity index (χ4n) is 6.58. The number of aryl methyl sites for hydroxylation is 2. The number of carbonyl (C=O) groups excluding carboxylic acids is 2. The smallest absolute Gasteiger partial charge is 0.236 e. The summed E-state index contributed by atoms with van der Waals surface area (Å²) in [6.45, 7) is 1.77. The number of pyridine rings is 1.